The summed E-state index contributed by atoms with van der Waals surface area (Å²) in [5.74, 6) is -1.50. The van der Waals surface area contributed by atoms with E-state index < -0.39 is 24.0 Å². The molecule has 1 amide bonds. The lowest BCUT2D eigenvalue weighted by molar-refractivity contribution is -0.183. The number of amides is 1. The number of carbonyl (C=O) groups is 1. The molecule has 1 saturated carbocycles. The number of aryl methyl sites for hydroxylation is 1. The zero-order valence-corrected chi connectivity index (χ0v) is 14.8. The normalized spacial score (nSPS) is 20.8. The van der Waals surface area contributed by atoms with E-state index in [1.165, 1.54) is 4.68 Å². The molecule has 1 aliphatic rings. The molecule has 1 aromatic carbocycles. The smallest absolute Gasteiger partial charge is 0.347 e. The summed E-state index contributed by atoms with van der Waals surface area (Å²) in [5, 5.41) is 7.38. The number of alkyl halides is 3. The number of rotatable bonds is 3. The van der Waals surface area contributed by atoms with Crippen molar-refractivity contribution in [2.24, 2.45) is 5.92 Å². The van der Waals surface area contributed by atoms with Crippen LogP contribution in [-0.4, -0.2) is 32.9 Å². The molecule has 2 unspecified atom stereocenters. The van der Waals surface area contributed by atoms with Crippen molar-refractivity contribution in [1.29, 1.82) is 0 Å². The topological polar surface area (TPSA) is 59.8 Å². The van der Waals surface area contributed by atoms with Gasteiger partial charge in [0, 0.05) is 11.1 Å². The van der Waals surface area contributed by atoms with Crippen LogP contribution in [-0.2, 0) is 0 Å². The fourth-order valence-electron chi connectivity index (χ4n) is 3.18. The van der Waals surface area contributed by atoms with Crippen LogP contribution in [0.3, 0.4) is 0 Å². The molecule has 1 N–H and O–H groups in total. The molecular weight excluding hydrogens is 369 g/mol. The summed E-state index contributed by atoms with van der Waals surface area (Å²) < 4.78 is 40.2. The molecule has 0 radical (unpaired) electrons. The predicted octanol–water partition coefficient (Wildman–Crippen LogP) is 4.08. The van der Waals surface area contributed by atoms with E-state index in [9.17, 15) is 18.0 Å². The van der Waals surface area contributed by atoms with E-state index in [1.807, 2.05) is 0 Å². The second kappa shape index (κ2) is 7.26. The van der Waals surface area contributed by atoms with Crippen LogP contribution >= 0.6 is 11.6 Å². The SMILES string of the molecule is Cc1nc(C(=O)NC2CCCC(C(F)(F)F)C2)nn1-c1ccc(Cl)cc1. The highest BCUT2D eigenvalue weighted by molar-refractivity contribution is 6.30. The highest BCUT2D eigenvalue weighted by Crippen LogP contribution is 2.37. The molecule has 9 heteroatoms. The third-order valence-electron chi connectivity index (χ3n) is 4.52. The molecule has 26 heavy (non-hydrogen) atoms. The summed E-state index contributed by atoms with van der Waals surface area (Å²) in [4.78, 5) is 16.5. The molecule has 2 aromatic rings. The zero-order chi connectivity index (χ0) is 18.9. The molecule has 0 spiro atoms. The number of hydrogen-bond donors (Lipinski definition) is 1. The van der Waals surface area contributed by atoms with Gasteiger partial charge in [0.25, 0.3) is 5.91 Å². The van der Waals surface area contributed by atoms with Crippen LogP contribution in [0.15, 0.2) is 24.3 Å². The van der Waals surface area contributed by atoms with Crippen molar-refractivity contribution < 1.29 is 18.0 Å². The fourth-order valence-corrected chi connectivity index (χ4v) is 3.31. The van der Waals surface area contributed by atoms with Gasteiger partial charge in [-0.25, -0.2) is 9.67 Å². The third-order valence-corrected chi connectivity index (χ3v) is 4.77. The van der Waals surface area contributed by atoms with Crippen molar-refractivity contribution in [1.82, 2.24) is 20.1 Å². The van der Waals surface area contributed by atoms with Crippen LogP contribution in [0, 0.1) is 12.8 Å². The number of benzene rings is 1. The summed E-state index contributed by atoms with van der Waals surface area (Å²) in [6.07, 6.45) is -3.27. The van der Waals surface area contributed by atoms with Crippen molar-refractivity contribution in [3.05, 3.63) is 40.9 Å². The van der Waals surface area contributed by atoms with Gasteiger partial charge in [-0.3, -0.25) is 4.79 Å². The zero-order valence-electron chi connectivity index (χ0n) is 14.1. The van der Waals surface area contributed by atoms with Gasteiger partial charge in [-0.05, 0) is 50.5 Å². The van der Waals surface area contributed by atoms with Crippen molar-refractivity contribution in [3.63, 3.8) is 0 Å². The lowest BCUT2D eigenvalue weighted by atomic mass is 9.85. The first kappa shape index (κ1) is 18.7. The Morgan fingerprint density at radius 1 is 1.27 bits per heavy atom. The van der Waals surface area contributed by atoms with Crippen LogP contribution in [0.5, 0.6) is 0 Å². The molecule has 140 valence electrons. The van der Waals surface area contributed by atoms with E-state index in [4.69, 9.17) is 11.6 Å². The Kier molecular flexibility index (Phi) is 5.22. The quantitative estimate of drug-likeness (QED) is 0.864. The molecule has 0 bridgehead atoms. The van der Waals surface area contributed by atoms with E-state index in [2.05, 4.69) is 15.4 Å². The Labute approximate surface area is 153 Å². The molecule has 1 aromatic heterocycles. The third kappa shape index (κ3) is 4.17. The Morgan fingerprint density at radius 3 is 2.62 bits per heavy atom. The largest absolute Gasteiger partial charge is 0.391 e. The van der Waals surface area contributed by atoms with Crippen LogP contribution in [0.2, 0.25) is 5.02 Å². The molecule has 1 fully saturated rings. The standard InChI is InChI=1S/C17H18ClF3N4O/c1-10-22-15(24-25(10)14-7-5-12(18)6-8-14)16(26)23-13-4-2-3-11(9-13)17(19,20)21/h5-8,11,13H,2-4,9H2,1H3,(H,23,26). The lowest BCUT2D eigenvalue weighted by Crippen LogP contribution is -2.41. The second-order valence-electron chi connectivity index (χ2n) is 6.45. The minimum atomic E-state index is -4.23. The number of hydrogen-bond acceptors (Lipinski definition) is 3. The number of halogens is 4. The van der Waals surface area contributed by atoms with E-state index in [0.717, 1.165) is 0 Å². The number of nitrogens with one attached hydrogen (secondary N) is 1. The number of aromatic nitrogens is 3. The van der Waals surface area contributed by atoms with E-state index >= 15 is 0 Å². The van der Waals surface area contributed by atoms with E-state index in [-0.39, 0.29) is 18.7 Å². The molecule has 0 aliphatic heterocycles. The summed E-state index contributed by atoms with van der Waals surface area (Å²) >= 11 is 5.86. The second-order valence-corrected chi connectivity index (χ2v) is 6.88. The van der Waals surface area contributed by atoms with Crippen LogP contribution < -0.4 is 5.32 Å². The minimum absolute atomic E-state index is 0.0633. The molecule has 0 saturated heterocycles. The lowest BCUT2D eigenvalue weighted by Gasteiger charge is -2.30. The van der Waals surface area contributed by atoms with Crippen LogP contribution in [0.1, 0.15) is 42.1 Å². The van der Waals surface area contributed by atoms with Gasteiger partial charge in [0.05, 0.1) is 11.6 Å². The molecule has 3 rings (SSSR count). The van der Waals surface area contributed by atoms with Gasteiger partial charge in [0.15, 0.2) is 0 Å². The monoisotopic (exact) mass is 386 g/mol. The average Bonchev–Trinajstić information content (AvgIpc) is 2.97. The molecule has 1 aliphatic carbocycles. The van der Waals surface area contributed by atoms with Gasteiger partial charge in [0.1, 0.15) is 5.82 Å². The fraction of sp³-hybridized carbons (Fsp3) is 0.471. The molecular formula is C17H18ClF3N4O. The average molecular weight is 387 g/mol. The first-order valence-electron chi connectivity index (χ1n) is 8.31. The van der Waals surface area contributed by atoms with Gasteiger partial charge in [-0.2, -0.15) is 13.2 Å². The predicted molar refractivity (Wildman–Crippen MR) is 90.4 cm³/mol. The van der Waals surface area contributed by atoms with Crippen LogP contribution in [0.4, 0.5) is 13.2 Å². The Bertz CT molecular complexity index is 788. The maximum Gasteiger partial charge on any atom is 0.391 e. The van der Waals surface area contributed by atoms with Crippen molar-refractivity contribution in [3.8, 4) is 5.69 Å². The Morgan fingerprint density at radius 2 is 1.96 bits per heavy atom. The molecule has 2 atom stereocenters. The minimum Gasteiger partial charge on any atom is -0.347 e. The maximum atomic E-state index is 12.9. The van der Waals surface area contributed by atoms with Gasteiger partial charge < -0.3 is 5.32 Å². The Hall–Kier alpha value is -2.09. The summed E-state index contributed by atoms with van der Waals surface area (Å²) in [5.41, 5.74) is 0.688. The summed E-state index contributed by atoms with van der Waals surface area (Å²) in [7, 11) is 0. The highest BCUT2D eigenvalue weighted by atomic mass is 35.5. The van der Waals surface area contributed by atoms with Gasteiger partial charge in [-0.1, -0.05) is 18.0 Å². The van der Waals surface area contributed by atoms with Crippen molar-refractivity contribution in [2.45, 2.75) is 44.8 Å². The van der Waals surface area contributed by atoms with E-state index in [0.29, 0.717) is 29.4 Å². The molecule has 1 heterocycles. The van der Waals surface area contributed by atoms with Crippen molar-refractivity contribution >= 4 is 17.5 Å². The molecule has 5 nitrogen and oxygen atoms in total. The summed E-state index contributed by atoms with van der Waals surface area (Å²) in [6.45, 7) is 1.69. The summed E-state index contributed by atoms with van der Waals surface area (Å²) in [6, 6.07) is 6.33. The van der Waals surface area contributed by atoms with Gasteiger partial charge >= 0.3 is 6.18 Å². The first-order chi connectivity index (χ1) is 12.2. The first-order valence-corrected chi connectivity index (χ1v) is 8.69. The van der Waals surface area contributed by atoms with E-state index in [1.54, 1.807) is 31.2 Å². The van der Waals surface area contributed by atoms with Gasteiger partial charge in [0.2, 0.25) is 5.82 Å². The highest BCUT2D eigenvalue weighted by Gasteiger charge is 2.42. The maximum absolute atomic E-state index is 12.9. The number of nitrogens with zero attached hydrogens (tertiary/aromatic N) is 3. The van der Waals surface area contributed by atoms with Crippen molar-refractivity contribution in [2.75, 3.05) is 0 Å². The van der Waals surface area contributed by atoms with Gasteiger partial charge in [-0.15, -0.1) is 5.10 Å². The number of carbonyl (C=O) groups excluding carboxylic acids is 1. The Balaban J connectivity index is 1.71. The van der Waals surface area contributed by atoms with Crippen LogP contribution in [0.25, 0.3) is 5.69 Å².